The quantitative estimate of drug-likeness (QED) is 0.922. The van der Waals surface area contributed by atoms with E-state index in [4.69, 9.17) is 0 Å². The zero-order valence-corrected chi connectivity index (χ0v) is 13.6. The average molecular weight is 312 g/mol. The lowest BCUT2D eigenvalue weighted by Gasteiger charge is -2.32. The summed E-state index contributed by atoms with van der Waals surface area (Å²) in [5.41, 5.74) is 2.09. The zero-order valence-electron chi connectivity index (χ0n) is 13.6. The molecule has 0 unspecified atom stereocenters. The summed E-state index contributed by atoms with van der Waals surface area (Å²) in [6.07, 6.45) is 6.52. The van der Waals surface area contributed by atoms with E-state index in [-0.39, 0.29) is 5.91 Å². The van der Waals surface area contributed by atoms with E-state index < -0.39 is 0 Å². The number of nitrogens with zero attached hydrogens (tertiary/aromatic N) is 3. The largest absolute Gasteiger partial charge is 0.372 e. The molecule has 1 amide bonds. The number of benzene rings is 1. The van der Waals surface area contributed by atoms with Gasteiger partial charge in [0.25, 0.3) is 0 Å². The Kier molecular flexibility index (Phi) is 4.95. The van der Waals surface area contributed by atoms with Crippen LogP contribution in [-0.2, 0) is 11.3 Å². The van der Waals surface area contributed by atoms with Gasteiger partial charge < -0.3 is 10.2 Å². The minimum atomic E-state index is 0.0139. The fourth-order valence-electron chi connectivity index (χ4n) is 2.89. The summed E-state index contributed by atoms with van der Waals surface area (Å²) in [5.74, 6) is 0.847. The molecule has 1 aromatic heterocycles. The summed E-state index contributed by atoms with van der Waals surface area (Å²) in [5, 5.41) is 7.04. The van der Waals surface area contributed by atoms with Crippen LogP contribution < -0.4 is 10.2 Å². The number of carbonyl (C=O) groups excluding carboxylic acids is 1. The molecular formula is C18H24N4O. The Hall–Kier alpha value is -2.30. The van der Waals surface area contributed by atoms with E-state index in [2.05, 4.69) is 34.4 Å². The van der Waals surface area contributed by atoms with Crippen molar-refractivity contribution in [3.05, 3.63) is 42.7 Å². The van der Waals surface area contributed by atoms with Crippen molar-refractivity contribution in [3.63, 3.8) is 0 Å². The number of hydrogen-bond donors (Lipinski definition) is 1. The Morgan fingerprint density at radius 3 is 2.65 bits per heavy atom. The van der Waals surface area contributed by atoms with Crippen LogP contribution in [0.25, 0.3) is 0 Å². The highest BCUT2D eigenvalue weighted by Gasteiger charge is 2.15. The van der Waals surface area contributed by atoms with Crippen LogP contribution in [0.4, 0.5) is 11.4 Å². The number of rotatable bonds is 5. The first-order valence-electron chi connectivity index (χ1n) is 8.33. The van der Waals surface area contributed by atoms with Crippen LogP contribution in [0.2, 0.25) is 0 Å². The van der Waals surface area contributed by atoms with Crippen LogP contribution in [0.15, 0.2) is 42.7 Å². The molecule has 2 heterocycles. The molecule has 0 aliphatic carbocycles. The second-order valence-electron chi connectivity index (χ2n) is 6.28. The minimum absolute atomic E-state index is 0.0139. The molecule has 1 saturated heterocycles. The van der Waals surface area contributed by atoms with E-state index in [1.54, 1.807) is 10.9 Å². The third kappa shape index (κ3) is 4.34. The third-order valence-electron chi connectivity index (χ3n) is 4.43. The van der Waals surface area contributed by atoms with Crippen LogP contribution in [-0.4, -0.2) is 28.8 Å². The molecule has 1 N–H and O–H groups in total. The smallest absolute Gasteiger partial charge is 0.226 e. The Morgan fingerprint density at radius 2 is 2.00 bits per heavy atom. The summed E-state index contributed by atoms with van der Waals surface area (Å²) in [6, 6.07) is 10.0. The molecular weight excluding hydrogens is 288 g/mol. The van der Waals surface area contributed by atoms with Crippen molar-refractivity contribution >= 4 is 17.3 Å². The van der Waals surface area contributed by atoms with E-state index in [9.17, 15) is 4.79 Å². The van der Waals surface area contributed by atoms with E-state index in [0.29, 0.717) is 13.0 Å². The summed E-state index contributed by atoms with van der Waals surface area (Å²) in [6.45, 7) is 5.16. The topological polar surface area (TPSA) is 50.2 Å². The Labute approximate surface area is 137 Å². The van der Waals surface area contributed by atoms with Crippen molar-refractivity contribution in [1.29, 1.82) is 0 Å². The van der Waals surface area contributed by atoms with Crippen LogP contribution in [0.5, 0.6) is 0 Å². The molecule has 1 fully saturated rings. The van der Waals surface area contributed by atoms with Gasteiger partial charge in [0.2, 0.25) is 5.91 Å². The predicted octanol–water partition coefficient (Wildman–Crippen LogP) is 3.15. The van der Waals surface area contributed by atoms with Crippen LogP contribution in [0.1, 0.15) is 26.2 Å². The third-order valence-corrected chi connectivity index (χ3v) is 4.43. The molecule has 0 spiro atoms. The highest BCUT2D eigenvalue weighted by Crippen LogP contribution is 2.24. The van der Waals surface area contributed by atoms with Crippen molar-refractivity contribution in [1.82, 2.24) is 9.78 Å². The highest BCUT2D eigenvalue weighted by molar-refractivity contribution is 5.90. The van der Waals surface area contributed by atoms with Crippen molar-refractivity contribution in [2.24, 2.45) is 5.92 Å². The number of aromatic nitrogens is 2. The number of anilines is 2. The van der Waals surface area contributed by atoms with Crippen LogP contribution in [0.3, 0.4) is 0 Å². The van der Waals surface area contributed by atoms with Gasteiger partial charge in [-0.25, -0.2) is 0 Å². The standard InChI is InChI=1S/C18H24N4O/c1-15-7-12-21(13-8-15)17-5-3-16(4-6-17)20-18(23)9-14-22-11-2-10-19-22/h2-6,10-11,15H,7-9,12-14H2,1H3,(H,20,23). The molecule has 23 heavy (non-hydrogen) atoms. The Bertz CT molecular complexity index is 613. The molecule has 0 bridgehead atoms. The monoisotopic (exact) mass is 312 g/mol. The molecule has 0 saturated carbocycles. The van der Waals surface area contributed by atoms with E-state index in [1.165, 1.54) is 18.5 Å². The van der Waals surface area contributed by atoms with Gasteiger partial charge in [-0.3, -0.25) is 9.48 Å². The predicted molar refractivity (Wildman–Crippen MR) is 92.5 cm³/mol. The second-order valence-corrected chi connectivity index (χ2v) is 6.28. The van der Waals surface area contributed by atoms with Gasteiger partial charge in [-0.15, -0.1) is 0 Å². The highest BCUT2D eigenvalue weighted by atomic mass is 16.1. The number of aryl methyl sites for hydroxylation is 1. The molecule has 1 aliphatic heterocycles. The minimum Gasteiger partial charge on any atom is -0.372 e. The fourth-order valence-corrected chi connectivity index (χ4v) is 2.89. The first kappa shape index (κ1) is 15.6. The normalized spacial score (nSPS) is 15.6. The lowest BCUT2D eigenvalue weighted by Crippen LogP contribution is -2.32. The summed E-state index contributed by atoms with van der Waals surface area (Å²) in [4.78, 5) is 14.4. The number of hydrogen-bond acceptors (Lipinski definition) is 3. The van der Waals surface area contributed by atoms with Crippen molar-refractivity contribution in [3.8, 4) is 0 Å². The van der Waals surface area contributed by atoms with Gasteiger partial charge in [0.15, 0.2) is 0 Å². The first-order chi connectivity index (χ1) is 11.2. The van der Waals surface area contributed by atoms with Gasteiger partial charge >= 0.3 is 0 Å². The molecule has 1 aliphatic rings. The number of carbonyl (C=O) groups is 1. The van der Waals surface area contributed by atoms with Crippen molar-refractivity contribution in [2.45, 2.75) is 32.7 Å². The maximum Gasteiger partial charge on any atom is 0.226 e. The maximum absolute atomic E-state index is 12.0. The van der Waals surface area contributed by atoms with E-state index in [0.717, 1.165) is 24.7 Å². The molecule has 0 radical (unpaired) electrons. The van der Waals surface area contributed by atoms with Crippen LogP contribution >= 0.6 is 0 Å². The van der Waals surface area contributed by atoms with Crippen molar-refractivity contribution < 1.29 is 4.79 Å². The number of amides is 1. The maximum atomic E-state index is 12.0. The molecule has 2 aromatic rings. The van der Waals surface area contributed by atoms with Gasteiger partial charge in [0.1, 0.15) is 0 Å². The van der Waals surface area contributed by atoms with Crippen molar-refractivity contribution in [2.75, 3.05) is 23.3 Å². The molecule has 122 valence electrons. The summed E-state index contributed by atoms with van der Waals surface area (Å²) >= 11 is 0. The lowest BCUT2D eigenvalue weighted by molar-refractivity contribution is -0.116. The number of piperidine rings is 1. The molecule has 1 aromatic carbocycles. The van der Waals surface area contributed by atoms with Gasteiger partial charge in [-0.2, -0.15) is 5.10 Å². The lowest BCUT2D eigenvalue weighted by atomic mass is 9.99. The van der Waals surface area contributed by atoms with Gasteiger partial charge in [0, 0.05) is 49.8 Å². The zero-order chi connectivity index (χ0) is 16.1. The van der Waals surface area contributed by atoms with Crippen LogP contribution in [0, 0.1) is 5.92 Å². The summed E-state index contributed by atoms with van der Waals surface area (Å²) in [7, 11) is 0. The van der Waals surface area contributed by atoms with Gasteiger partial charge in [0.05, 0.1) is 0 Å². The SMILES string of the molecule is CC1CCN(c2ccc(NC(=O)CCn3cccn3)cc2)CC1. The second kappa shape index (κ2) is 7.31. The summed E-state index contributed by atoms with van der Waals surface area (Å²) < 4.78 is 1.76. The molecule has 3 rings (SSSR count). The van der Waals surface area contributed by atoms with E-state index in [1.807, 2.05) is 24.4 Å². The Morgan fingerprint density at radius 1 is 1.26 bits per heavy atom. The van der Waals surface area contributed by atoms with E-state index >= 15 is 0 Å². The molecule has 5 heteroatoms. The fraction of sp³-hybridized carbons (Fsp3) is 0.444. The molecule has 0 atom stereocenters. The first-order valence-corrected chi connectivity index (χ1v) is 8.33. The molecule has 5 nitrogen and oxygen atoms in total. The van der Waals surface area contributed by atoms with Gasteiger partial charge in [-0.1, -0.05) is 6.92 Å². The van der Waals surface area contributed by atoms with Gasteiger partial charge in [-0.05, 0) is 49.1 Å². The number of nitrogens with one attached hydrogen (secondary N) is 1. The average Bonchev–Trinajstić information content (AvgIpc) is 3.08. The Balaban J connectivity index is 1.50.